The molecule has 2 rings (SSSR count). The molecule has 0 aliphatic heterocycles. The van der Waals surface area contributed by atoms with Gasteiger partial charge in [-0.1, -0.05) is 6.92 Å². The Kier molecular flexibility index (Phi) is 3.53. The first-order valence-corrected chi connectivity index (χ1v) is 6.63. The van der Waals surface area contributed by atoms with Gasteiger partial charge in [0.2, 0.25) is 0 Å². The van der Waals surface area contributed by atoms with Crippen molar-refractivity contribution in [1.29, 1.82) is 5.26 Å². The second-order valence-corrected chi connectivity index (χ2v) is 5.05. The topological polar surface area (TPSA) is 41.6 Å². The van der Waals surface area contributed by atoms with Crippen LogP contribution in [0.25, 0.3) is 5.69 Å². The van der Waals surface area contributed by atoms with Gasteiger partial charge in [0, 0.05) is 10.2 Å². The van der Waals surface area contributed by atoms with Crippen molar-refractivity contribution in [3.8, 4) is 11.8 Å². The molecule has 0 aliphatic rings. The lowest BCUT2D eigenvalue weighted by Gasteiger charge is -2.07. The molecule has 1 heterocycles. The van der Waals surface area contributed by atoms with Crippen LogP contribution in [0.5, 0.6) is 0 Å². The number of aromatic nitrogens is 2. The van der Waals surface area contributed by atoms with Crippen LogP contribution in [0, 0.1) is 25.2 Å². The minimum Gasteiger partial charge on any atom is -0.236 e. The normalized spacial score (nSPS) is 10.4. The van der Waals surface area contributed by atoms with E-state index in [1.807, 2.05) is 29.8 Å². The summed E-state index contributed by atoms with van der Waals surface area (Å²) in [6.45, 7) is 6.23. The van der Waals surface area contributed by atoms with Gasteiger partial charge in [-0.25, -0.2) is 4.68 Å². The van der Waals surface area contributed by atoms with E-state index in [2.05, 4.69) is 40.9 Å². The fourth-order valence-electron chi connectivity index (χ4n) is 2.17. The Morgan fingerprint density at radius 3 is 2.61 bits per heavy atom. The third-order valence-electron chi connectivity index (χ3n) is 3.10. The Labute approximate surface area is 115 Å². The molecule has 92 valence electrons. The summed E-state index contributed by atoms with van der Waals surface area (Å²) in [7, 11) is 0. The van der Waals surface area contributed by atoms with Gasteiger partial charge in [-0.15, -0.1) is 0 Å². The van der Waals surface area contributed by atoms with Crippen molar-refractivity contribution in [3.05, 3.63) is 45.2 Å². The maximum Gasteiger partial charge on any atom is 0.0992 e. The summed E-state index contributed by atoms with van der Waals surface area (Å²) in [5.74, 6) is 0. The largest absolute Gasteiger partial charge is 0.236 e. The zero-order valence-electron chi connectivity index (χ0n) is 10.7. The minimum atomic E-state index is 0.642. The molecule has 0 spiro atoms. The second-order valence-electron chi connectivity index (χ2n) is 4.19. The van der Waals surface area contributed by atoms with E-state index in [1.165, 1.54) is 5.56 Å². The molecule has 0 fully saturated rings. The molecule has 1 aromatic carbocycles. The fourth-order valence-corrected chi connectivity index (χ4v) is 2.72. The summed E-state index contributed by atoms with van der Waals surface area (Å²) in [5.41, 5.74) is 5.11. The number of nitrogens with zero attached hydrogens (tertiary/aromatic N) is 3. The van der Waals surface area contributed by atoms with Crippen LogP contribution in [-0.2, 0) is 6.42 Å². The number of aryl methyl sites for hydroxylation is 1. The molecule has 2 aromatic rings. The minimum absolute atomic E-state index is 0.642. The van der Waals surface area contributed by atoms with E-state index in [0.717, 1.165) is 28.0 Å². The van der Waals surface area contributed by atoms with Gasteiger partial charge in [-0.2, -0.15) is 10.4 Å². The quantitative estimate of drug-likeness (QED) is 0.849. The average Bonchev–Trinajstić information content (AvgIpc) is 2.64. The predicted molar refractivity (Wildman–Crippen MR) is 74.8 cm³/mol. The number of hydrogen-bond donors (Lipinski definition) is 0. The number of benzene rings is 1. The van der Waals surface area contributed by atoms with Gasteiger partial charge < -0.3 is 0 Å². The number of rotatable bonds is 2. The monoisotopic (exact) mass is 303 g/mol. The summed E-state index contributed by atoms with van der Waals surface area (Å²) < 4.78 is 2.81. The lowest BCUT2D eigenvalue weighted by molar-refractivity contribution is 0.829. The van der Waals surface area contributed by atoms with Crippen LogP contribution in [0.1, 0.15) is 29.4 Å². The Hall–Kier alpha value is -1.60. The van der Waals surface area contributed by atoms with Crippen LogP contribution in [0.15, 0.2) is 22.7 Å². The smallest absolute Gasteiger partial charge is 0.0992 e. The molecule has 18 heavy (non-hydrogen) atoms. The molecule has 0 N–H and O–H groups in total. The molecule has 4 heteroatoms. The number of hydrogen-bond acceptors (Lipinski definition) is 2. The first-order valence-electron chi connectivity index (χ1n) is 5.83. The van der Waals surface area contributed by atoms with Gasteiger partial charge in [0.05, 0.1) is 23.0 Å². The second kappa shape index (κ2) is 4.95. The predicted octanol–water partition coefficient (Wildman–Crippen LogP) is 3.69. The van der Waals surface area contributed by atoms with Crippen molar-refractivity contribution in [3.63, 3.8) is 0 Å². The van der Waals surface area contributed by atoms with Crippen molar-refractivity contribution >= 4 is 15.9 Å². The molecular weight excluding hydrogens is 290 g/mol. The van der Waals surface area contributed by atoms with Crippen molar-refractivity contribution in [1.82, 2.24) is 9.78 Å². The molecule has 0 saturated carbocycles. The molecule has 0 unspecified atom stereocenters. The average molecular weight is 304 g/mol. The maximum absolute atomic E-state index is 8.87. The SMILES string of the molecule is CCc1c(C)nn(-c2ccc(C#N)cc2Br)c1C. The lowest BCUT2D eigenvalue weighted by atomic mass is 10.1. The fraction of sp³-hybridized carbons (Fsp3) is 0.286. The Balaban J connectivity index is 2.60. The van der Waals surface area contributed by atoms with Gasteiger partial charge in [-0.3, -0.25) is 0 Å². The molecule has 0 aliphatic carbocycles. The zero-order valence-corrected chi connectivity index (χ0v) is 12.2. The van der Waals surface area contributed by atoms with E-state index in [0.29, 0.717) is 5.56 Å². The third-order valence-corrected chi connectivity index (χ3v) is 3.73. The molecule has 3 nitrogen and oxygen atoms in total. The summed E-state index contributed by atoms with van der Waals surface area (Å²) in [5, 5.41) is 13.4. The number of halogens is 1. The lowest BCUT2D eigenvalue weighted by Crippen LogP contribution is -2.00. The highest BCUT2D eigenvalue weighted by Gasteiger charge is 2.13. The highest BCUT2D eigenvalue weighted by molar-refractivity contribution is 9.10. The maximum atomic E-state index is 8.87. The van der Waals surface area contributed by atoms with Crippen LogP contribution in [-0.4, -0.2) is 9.78 Å². The summed E-state index contributed by atoms with van der Waals surface area (Å²) >= 11 is 3.50. The highest BCUT2D eigenvalue weighted by atomic mass is 79.9. The van der Waals surface area contributed by atoms with Crippen LogP contribution in [0.3, 0.4) is 0 Å². The molecule has 0 saturated heterocycles. The standard InChI is InChI=1S/C14H14BrN3/c1-4-12-9(2)17-18(10(12)3)14-6-5-11(8-16)7-13(14)15/h5-7H,4H2,1-3H3. The van der Waals surface area contributed by atoms with Gasteiger partial charge >= 0.3 is 0 Å². The van der Waals surface area contributed by atoms with Crippen molar-refractivity contribution in [2.45, 2.75) is 27.2 Å². The molecule has 0 bridgehead atoms. The van der Waals surface area contributed by atoms with Crippen molar-refractivity contribution in [2.75, 3.05) is 0 Å². The van der Waals surface area contributed by atoms with Crippen molar-refractivity contribution < 1.29 is 0 Å². The molecule has 0 amide bonds. The van der Waals surface area contributed by atoms with Crippen LogP contribution >= 0.6 is 15.9 Å². The van der Waals surface area contributed by atoms with Gasteiger partial charge in [-0.05, 0) is 60.0 Å². The van der Waals surface area contributed by atoms with Crippen LogP contribution < -0.4 is 0 Å². The zero-order chi connectivity index (χ0) is 13.3. The molecule has 0 atom stereocenters. The van der Waals surface area contributed by atoms with E-state index in [-0.39, 0.29) is 0 Å². The van der Waals surface area contributed by atoms with Gasteiger partial charge in [0.25, 0.3) is 0 Å². The van der Waals surface area contributed by atoms with Crippen LogP contribution in [0.4, 0.5) is 0 Å². The summed E-state index contributed by atoms with van der Waals surface area (Å²) in [4.78, 5) is 0. The third kappa shape index (κ3) is 2.06. The summed E-state index contributed by atoms with van der Waals surface area (Å²) in [6, 6.07) is 7.67. The molecular formula is C14H14BrN3. The summed E-state index contributed by atoms with van der Waals surface area (Å²) in [6.07, 6.45) is 0.978. The highest BCUT2D eigenvalue weighted by Crippen LogP contribution is 2.25. The number of nitriles is 1. The van der Waals surface area contributed by atoms with E-state index in [1.54, 1.807) is 0 Å². The Morgan fingerprint density at radius 1 is 1.39 bits per heavy atom. The molecule has 1 aromatic heterocycles. The van der Waals surface area contributed by atoms with E-state index in [4.69, 9.17) is 5.26 Å². The first kappa shape index (κ1) is 12.8. The van der Waals surface area contributed by atoms with E-state index < -0.39 is 0 Å². The van der Waals surface area contributed by atoms with E-state index in [9.17, 15) is 0 Å². The first-order chi connectivity index (χ1) is 8.58. The van der Waals surface area contributed by atoms with Gasteiger partial charge in [0.15, 0.2) is 0 Å². The van der Waals surface area contributed by atoms with Crippen molar-refractivity contribution in [2.24, 2.45) is 0 Å². The van der Waals surface area contributed by atoms with Crippen LogP contribution in [0.2, 0.25) is 0 Å². The molecule has 0 radical (unpaired) electrons. The Morgan fingerprint density at radius 2 is 2.11 bits per heavy atom. The van der Waals surface area contributed by atoms with E-state index >= 15 is 0 Å². The van der Waals surface area contributed by atoms with Gasteiger partial charge in [0.1, 0.15) is 0 Å². The Bertz CT molecular complexity index is 635.